The van der Waals surface area contributed by atoms with Crippen molar-refractivity contribution in [2.75, 3.05) is 5.32 Å². The molecule has 3 rings (SSSR count). The number of rotatable bonds is 5. The Bertz CT molecular complexity index is 798. The molecule has 0 aliphatic heterocycles. The SMILES string of the molecule is Cc1nc(NC(C)C2CCC(NC(=O)c3cc(Cl)ccc3F)CC2)sc1C. The lowest BCUT2D eigenvalue weighted by Crippen LogP contribution is -2.40. The molecule has 4 nitrogen and oxygen atoms in total. The zero-order chi connectivity index (χ0) is 19.6. The van der Waals surface area contributed by atoms with Crippen LogP contribution in [0, 0.1) is 25.6 Å². The van der Waals surface area contributed by atoms with Crippen LogP contribution in [0.5, 0.6) is 0 Å². The van der Waals surface area contributed by atoms with Gasteiger partial charge in [-0.1, -0.05) is 11.6 Å². The van der Waals surface area contributed by atoms with Gasteiger partial charge < -0.3 is 10.6 Å². The van der Waals surface area contributed by atoms with Crippen LogP contribution in [0.4, 0.5) is 9.52 Å². The van der Waals surface area contributed by atoms with Gasteiger partial charge in [0.15, 0.2) is 5.13 Å². The molecule has 1 aromatic heterocycles. The molecule has 0 bridgehead atoms. The molecule has 1 saturated carbocycles. The van der Waals surface area contributed by atoms with Gasteiger partial charge in [-0.2, -0.15) is 0 Å². The minimum absolute atomic E-state index is 0.00849. The van der Waals surface area contributed by atoms with Gasteiger partial charge in [-0.05, 0) is 70.6 Å². The molecule has 27 heavy (non-hydrogen) atoms. The summed E-state index contributed by atoms with van der Waals surface area (Å²) < 4.78 is 13.8. The highest BCUT2D eigenvalue weighted by molar-refractivity contribution is 7.15. The molecule has 7 heteroatoms. The van der Waals surface area contributed by atoms with E-state index >= 15 is 0 Å². The molecule has 146 valence electrons. The summed E-state index contributed by atoms with van der Waals surface area (Å²) in [5.41, 5.74) is 1.09. The Labute approximate surface area is 168 Å². The fourth-order valence-corrected chi connectivity index (χ4v) is 4.63. The van der Waals surface area contributed by atoms with Crippen molar-refractivity contribution in [1.82, 2.24) is 10.3 Å². The Hall–Kier alpha value is -1.66. The number of benzene rings is 1. The molecule has 0 spiro atoms. The minimum Gasteiger partial charge on any atom is -0.359 e. The number of anilines is 1. The molecule has 1 atom stereocenters. The van der Waals surface area contributed by atoms with Gasteiger partial charge in [0.25, 0.3) is 5.91 Å². The predicted octanol–water partition coefficient (Wildman–Crippen LogP) is 5.34. The third kappa shape index (κ3) is 4.99. The van der Waals surface area contributed by atoms with E-state index in [0.29, 0.717) is 17.0 Å². The van der Waals surface area contributed by atoms with E-state index in [1.54, 1.807) is 11.3 Å². The quantitative estimate of drug-likeness (QED) is 0.700. The summed E-state index contributed by atoms with van der Waals surface area (Å²) in [5.74, 6) is -0.402. The monoisotopic (exact) mass is 409 g/mol. The second-order valence-corrected chi connectivity index (χ2v) is 8.94. The second kappa shape index (κ2) is 8.57. The van der Waals surface area contributed by atoms with Crippen molar-refractivity contribution in [1.29, 1.82) is 0 Å². The van der Waals surface area contributed by atoms with Gasteiger partial charge in [0.05, 0.1) is 11.3 Å². The Kier molecular flexibility index (Phi) is 6.37. The van der Waals surface area contributed by atoms with Crippen molar-refractivity contribution >= 4 is 34.0 Å². The first-order chi connectivity index (χ1) is 12.8. The summed E-state index contributed by atoms with van der Waals surface area (Å²) >= 11 is 7.57. The molecule has 1 aromatic carbocycles. The second-order valence-electron chi connectivity index (χ2n) is 7.30. The summed E-state index contributed by atoms with van der Waals surface area (Å²) in [6, 6.07) is 4.45. The smallest absolute Gasteiger partial charge is 0.254 e. The fraction of sp³-hybridized carbons (Fsp3) is 0.500. The Morgan fingerprint density at radius 1 is 1.30 bits per heavy atom. The first-order valence-corrected chi connectivity index (χ1v) is 10.5. The fourth-order valence-electron chi connectivity index (χ4n) is 3.55. The van der Waals surface area contributed by atoms with Crippen LogP contribution in [0.1, 0.15) is 53.5 Å². The Balaban J connectivity index is 1.51. The molecular weight excluding hydrogens is 385 g/mol. The van der Waals surface area contributed by atoms with Crippen molar-refractivity contribution in [3.05, 3.63) is 45.2 Å². The third-order valence-electron chi connectivity index (χ3n) is 5.37. The maximum atomic E-state index is 13.8. The highest BCUT2D eigenvalue weighted by Gasteiger charge is 2.27. The lowest BCUT2D eigenvalue weighted by molar-refractivity contribution is 0.0917. The third-order valence-corrected chi connectivity index (χ3v) is 6.61. The lowest BCUT2D eigenvalue weighted by Gasteiger charge is -2.33. The van der Waals surface area contributed by atoms with E-state index in [4.69, 9.17) is 11.6 Å². The van der Waals surface area contributed by atoms with E-state index in [2.05, 4.69) is 29.5 Å². The number of hydrogen-bond donors (Lipinski definition) is 2. The van der Waals surface area contributed by atoms with E-state index in [9.17, 15) is 9.18 Å². The summed E-state index contributed by atoms with van der Waals surface area (Å²) in [7, 11) is 0. The largest absolute Gasteiger partial charge is 0.359 e. The zero-order valence-electron chi connectivity index (χ0n) is 15.8. The number of carbonyl (C=O) groups excluding carboxylic acids is 1. The van der Waals surface area contributed by atoms with E-state index < -0.39 is 11.7 Å². The van der Waals surface area contributed by atoms with E-state index in [1.165, 1.54) is 23.1 Å². The van der Waals surface area contributed by atoms with E-state index in [-0.39, 0.29) is 11.6 Å². The van der Waals surface area contributed by atoms with Crippen molar-refractivity contribution in [2.24, 2.45) is 5.92 Å². The normalized spacial score (nSPS) is 20.9. The Morgan fingerprint density at radius 3 is 2.63 bits per heavy atom. The van der Waals surface area contributed by atoms with Crippen LogP contribution in [0.2, 0.25) is 5.02 Å². The van der Waals surface area contributed by atoms with Gasteiger partial charge in [0.2, 0.25) is 0 Å². The number of thiazole rings is 1. The van der Waals surface area contributed by atoms with Gasteiger partial charge in [-0.25, -0.2) is 9.37 Å². The average Bonchev–Trinajstić information content (AvgIpc) is 2.94. The molecule has 2 N–H and O–H groups in total. The molecule has 1 aliphatic rings. The van der Waals surface area contributed by atoms with Crippen LogP contribution in [-0.4, -0.2) is 23.0 Å². The summed E-state index contributed by atoms with van der Waals surface area (Å²) in [5, 5.41) is 7.81. The molecule has 1 aliphatic carbocycles. The van der Waals surface area contributed by atoms with Gasteiger partial charge >= 0.3 is 0 Å². The van der Waals surface area contributed by atoms with Crippen LogP contribution >= 0.6 is 22.9 Å². The standard InChI is InChI=1S/C20H25ClFN3OS/c1-11-13(3)27-20(23-11)24-12(2)14-4-7-16(8-5-14)25-19(26)17-10-15(21)6-9-18(17)22/h6,9-10,12,14,16H,4-5,7-8H2,1-3H3,(H,23,24)(H,25,26). The molecule has 0 saturated heterocycles. The zero-order valence-corrected chi connectivity index (χ0v) is 17.4. The molecular formula is C20H25ClFN3OS. The average molecular weight is 410 g/mol. The maximum absolute atomic E-state index is 13.8. The number of amides is 1. The number of hydrogen-bond acceptors (Lipinski definition) is 4. The number of halogens is 2. The van der Waals surface area contributed by atoms with Gasteiger partial charge in [0, 0.05) is 22.0 Å². The van der Waals surface area contributed by atoms with Gasteiger partial charge in [-0.15, -0.1) is 11.3 Å². The lowest BCUT2D eigenvalue weighted by atomic mass is 9.82. The Morgan fingerprint density at radius 2 is 2.00 bits per heavy atom. The first-order valence-electron chi connectivity index (χ1n) is 9.30. The summed E-state index contributed by atoms with van der Waals surface area (Å²) in [6.07, 6.45) is 3.81. The summed E-state index contributed by atoms with van der Waals surface area (Å²) in [4.78, 5) is 18.1. The number of aromatic nitrogens is 1. The molecule has 1 heterocycles. The molecule has 2 aromatic rings. The van der Waals surface area contributed by atoms with Crippen molar-refractivity contribution in [3.63, 3.8) is 0 Å². The van der Waals surface area contributed by atoms with Gasteiger partial charge in [-0.3, -0.25) is 4.79 Å². The van der Waals surface area contributed by atoms with Crippen LogP contribution < -0.4 is 10.6 Å². The highest BCUT2D eigenvalue weighted by Crippen LogP contribution is 2.30. The van der Waals surface area contributed by atoms with E-state index in [1.807, 2.05) is 6.92 Å². The maximum Gasteiger partial charge on any atom is 0.254 e. The summed E-state index contributed by atoms with van der Waals surface area (Å²) in [6.45, 7) is 6.30. The van der Waals surface area contributed by atoms with Crippen LogP contribution in [0.15, 0.2) is 18.2 Å². The molecule has 0 radical (unpaired) electrons. The van der Waals surface area contributed by atoms with E-state index in [0.717, 1.165) is 36.5 Å². The molecule has 1 unspecified atom stereocenters. The predicted molar refractivity (Wildman–Crippen MR) is 109 cm³/mol. The van der Waals surface area contributed by atoms with Crippen LogP contribution in [0.25, 0.3) is 0 Å². The molecule has 1 fully saturated rings. The van der Waals surface area contributed by atoms with Crippen LogP contribution in [-0.2, 0) is 0 Å². The van der Waals surface area contributed by atoms with Crippen LogP contribution in [0.3, 0.4) is 0 Å². The molecule has 1 amide bonds. The number of nitrogens with one attached hydrogen (secondary N) is 2. The van der Waals surface area contributed by atoms with Crippen molar-refractivity contribution < 1.29 is 9.18 Å². The number of nitrogens with zero attached hydrogens (tertiary/aromatic N) is 1. The number of aryl methyl sites for hydroxylation is 2. The van der Waals surface area contributed by atoms with Crippen molar-refractivity contribution in [3.8, 4) is 0 Å². The van der Waals surface area contributed by atoms with Crippen molar-refractivity contribution in [2.45, 2.75) is 58.5 Å². The highest BCUT2D eigenvalue weighted by atomic mass is 35.5. The first kappa shape index (κ1) is 20.1. The van der Waals surface area contributed by atoms with Gasteiger partial charge in [0.1, 0.15) is 5.82 Å². The minimum atomic E-state index is -0.544. The number of carbonyl (C=O) groups is 1. The topological polar surface area (TPSA) is 54.0 Å².